The van der Waals surface area contributed by atoms with Gasteiger partial charge in [0.25, 0.3) is 0 Å². The molecule has 0 amide bonds. The van der Waals surface area contributed by atoms with Crippen LogP contribution in [0.5, 0.6) is 0 Å². The molecule has 112 valence electrons. The van der Waals surface area contributed by atoms with E-state index in [4.69, 9.17) is 9.31 Å². The first-order valence-electron chi connectivity index (χ1n) is 7.64. The Labute approximate surface area is 186 Å². The van der Waals surface area contributed by atoms with Gasteiger partial charge >= 0.3 is 65.3 Å². The molecule has 1 N–H and O–H groups in total. The van der Waals surface area contributed by atoms with Gasteiger partial charge in [0.2, 0.25) is 0 Å². The second-order valence-electron chi connectivity index (χ2n) is 6.99. The van der Waals surface area contributed by atoms with E-state index in [1.54, 1.807) is 0 Å². The second kappa shape index (κ2) is 6.08. The summed E-state index contributed by atoms with van der Waals surface area (Å²) in [6.45, 7) is 8.30. The van der Waals surface area contributed by atoms with Crippen LogP contribution in [-0.4, -0.2) is 23.3 Å². The summed E-state index contributed by atoms with van der Waals surface area (Å²) in [5.41, 5.74) is 2.66. The van der Waals surface area contributed by atoms with Gasteiger partial charge in [0, 0.05) is 5.52 Å². The van der Waals surface area contributed by atoms with Crippen LogP contribution < -0.4 is 63.7 Å². The summed E-state index contributed by atoms with van der Waals surface area (Å²) in [6, 6.07) is 15.5. The summed E-state index contributed by atoms with van der Waals surface area (Å²) in [6.07, 6.45) is 0. The van der Waals surface area contributed by atoms with Crippen molar-refractivity contribution in [3.05, 3.63) is 42.5 Å². The first-order chi connectivity index (χ1) is 10.4. The van der Waals surface area contributed by atoms with E-state index in [-0.39, 0.29) is 76.5 Å². The van der Waals surface area contributed by atoms with Crippen LogP contribution in [0.3, 0.4) is 0 Å². The van der Waals surface area contributed by atoms with Crippen LogP contribution in [0.4, 0.5) is 0 Å². The van der Waals surface area contributed by atoms with Crippen LogP contribution >= 0.6 is 0 Å². The molecule has 0 spiro atoms. The van der Waals surface area contributed by atoms with Gasteiger partial charge in [-0.05, 0) is 44.6 Å². The molecule has 2 aromatic carbocycles. The first kappa shape index (κ1) is 17.8. The van der Waals surface area contributed by atoms with Crippen LogP contribution in [0.15, 0.2) is 36.4 Å². The third-order valence-corrected chi connectivity index (χ3v) is 4.99. The predicted molar refractivity (Wildman–Crippen MR) is 90.4 cm³/mol. The number of fused-ring (bicyclic) bond motifs is 3. The van der Waals surface area contributed by atoms with Crippen LogP contribution in [0.2, 0.25) is 0 Å². The number of H-pyrrole nitrogens is 1. The van der Waals surface area contributed by atoms with E-state index < -0.39 is 0 Å². The van der Waals surface area contributed by atoms with E-state index in [0.717, 1.165) is 16.5 Å². The molecular weight excluding hydrogens is 358 g/mol. The fraction of sp³-hybridized carbons (Fsp3) is 0.333. The summed E-state index contributed by atoms with van der Waals surface area (Å²) in [5.74, 6) is 0. The molecule has 0 aliphatic carbocycles. The van der Waals surface area contributed by atoms with Gasteiger partial charge < -0.3 is 14.3 Å². The molecular formula is C18H19BNO2Rb. The molecule has 0 saturated carbocycles. The topological polar surface area (TPSA) is 34.2 Å². The smallest absolute Gasteiger partial charge is 0.399 e. The Morgan fingerprint density at radius 3 is 2.30 bits per heavy atom. The zero-order valence-electron chi connectivity index (χ0n) is 14.4. The number of rotatable bonds is 1. The van der Waals surface area contributed by atoms with Crippen molar-refractivity contribution in [2.24, 2.45) is 0 Å². The molecule has 2 heterocycles. The minimum Gasteiger partial charge on any atom is -0.399 e. The molecule has 3 nitrogen and oxygen atoms in total. The zero-order valence-corrected chi connectivity index (χ0v) is 19.3. The van der Waals surface area contributed by atoms with Crippen LogP contribution in [0.1, 0.15) is 27.7 Å². The van der Waals surface area contributed by atoms with E-state index in [1.807, 2.05) is 18.2 Å². The number of hydrogen-bond donors (Lipinski definition) is 1. The minimum atomic E-state index is -0.327. The number of hydrogen-bond acceptors (Lipinski definition) is 2. The van der Waals surface area contributed by atoms with Gasteiger partial charge in [-0.15, -0.1) is 11.5 Å². The van der Waals surface area contributed by atoms with Gasteiger partial charge in [0.15, 0.2) is 0 Å². The molecule has 1 fully saturated rings. The van der Waals surface area contributed by atoms with Crippen molar-refractivity contribution >= 4 is 34.4 Å². The van der Waals surface area contributed by atoms with E-state index in [9.17, 15) is 0 Å². The number of aromatic nitrogens is 1. The molecule has 1 aromatic heterocycles. The standard InChI is InChI=1S/C18H19BNO2.Rb/c1-17(2)18(3,4)22-19(21-17)12-9-10-16-14(11-12)13-7-5-6-8-15(13)20-16;/h6-11,20H,1-4H3;/q-1;+1. The van der Waals surface area contributed by atoms with Gasteiger partial charge in [-0.3, -0.25) is 0 Å². The molecule has 1 aliphatic heterocycles. The molecule has 0 unspecified atom stereocenters. The van der Waals surface area contributed by atoms with Crippen LogP contribution in [-0.2, 0) is 9.31 Å². The van der Waals surface area contributed by atoms with Crippen molar-refractivity contribution in [1.29, 1.82) is 0 Å². The van der Waals surface area contributed by atoms with Crippen molar-refractivity contribution in [3.8, 4) is 0 Å². The van der Waals surface area contributed by atoms with Crippen LogP contribution in [0, 0.1) is 6.07 Å². The Kier molecular flexibility index (Phi) is 4.72. The second-order valence-corrected chi connectivity index (χ2v) is 6.99. The molecule has 1 saturated heterocycles. The van der Waals surface area contributed by atoms with Gasteiger partial charge in [-0.2, -0.15) is 18.2 Å². The third-order valence-electron chi connectivity index (χ3n) is 4.99. The fourth-order valence-electron chi connectivity index (χ4n) is 2.93. The normalized spacial score (nSPS) is 19.2. The van der Waals surface area contributed by atoms with Gasteiger partial charge in [-0.25, -0.2) is 0 Å². The Bertz CT molecular complexity index is 856. The monoisotopic (exact) mass is 377 g/mol. The average Bonchev–Trinajstić information content (AvgIpc) is 2.93. The van der Waals surface area contributed by atoms with Crippen LogP contribution in [0.25, 0.3) is 21.8 Å². The number of aromatic amines is 1. The maximum atomic E-state index is 6.15. The first-order valence-corrected chi connectivity index (χ1v) is 7.64. The van der Waals surface area contributed by atoms with Gasteiger partial charge in [0.05, 0.1) is 11.2 Å². The SMILES string of the molecule is CC1(C)OB(c2ccc3[nH]c4cc[c-]cc4c3c2)OC1(C)C.[Rb+]. The third kappa shape index (κ3) is 2.92. The molecule has 1 aliphatic rings. The fourth-order valence-corrected chi connectivity index (χ4v) is 2.93. The molecule has 0 radical (unpaired) electrons. The average molecular weight is 378 g/mol. The minimum absolute atomic E-state index is 0. The maximum Gasteiger partial charge on any atom is 1.00 e. The predicted octanol–water partition coefficient (Wildman–Crippen LogP) is 0.424. The van der Waals surface area contributed by atoms with E-state index >= 15 is 0 Å². The Balaban J connectivity index is 0.00000156. The van der Waals surface area contributed by atoms with Crippen molar-refractivity contribution in [3.63, 3.8) is 0 Å². The molecule has 0 bridgehead atoms. The molecule has 23 heavy (non-hydrogen) atoms. The summed E-state index contributed by atoms with van der Waals surface area (Å²) in [4.78, 5) is 3.43. The zero-order chi connectivity index (χ0) is 15.5. The maximum absolute atomic E-state index is 6.15. The largest absolute Gasteiger partial charge is 1.00 e. The van der Waals surface area contributed by atoms with Gasteiger partial charge in [-0.1, -0.05) is 17.6 Å². The number of benzene rings is 2. The molecule has 4 rings (SSSR count). The Hall–Kier alpha value is 0.0301. The van der Waals surface area contributed by atoms with E-state index in [2.05, 4.69) is 56.9 Å². The van der Waals surface area contributed by atoms with Crippen molar-refractivity contribution < 1.29 is 67.5 Å². The Morgan fingerprint density at radius 1 is 0.957 bits per heavy atom. The summed E-state index contributed by atoms with van der Waals surface area (Å²) < 4.78 is 12.3. The van der Waals surface area contributed by atoms with E-state index in [1.165, 1.54) is 10.8 Å². The van der Waals surface area contributed by atoms with Gasteiger partial charge in [0.1, 0.15) is 0 Å². The summed E-state index contributed by atoms with van der Waals surface area (Å²) in [7, 11) is -0.327. The molecule has 0 atom stereocenters. The number of nitrogens with one attached hydrogen (secondary N) is 1. The van der Waals surface area contributed by atoms with Crippen molar-refractivity contribution in [2.75, 3.05) is 0 Å². The Morgan fingerprint density at radius 2 is 1.61 bits per heavy atom. The quantitative estimate of drug-likeness (QED) is 0.493. The summed E-state index contributed by atoms with van der Waals surface area (Å²) in [5, 5.41) is 2.36. The summed E-state index contributed by atoms with van der Waals surface area (Å²) >= 11 is 0. The van der Waals surface area contributed by atoms with Crippen molar-refractivity contribution in [2.45, 2.75) is 38.9 Å². The van der Waals surface area contributed by atoms with Crippen molar-refractivity contribution in [1.82, 2.24) is 4.98 Å². The molecule has 3 aromatic rings. The molecule has 5 heteroatoms. The van der Waals surface area contributed by atoms with E-state index in [0.29, 0.717) is 0 Å².